The Labute approximate surface area is 237 Å². The normalized spacial score (nSPS) is 15.7. The van der Waals surface area contributed by atoms with Crippen molar-refractivity contribution in [3.8, 4) is 11.5 Å². The highest BCUT2D eigenvalue weighted by Crippen LogP contribution is 2.43. The first-order chi connectivity index (χ1) is 18.6. The predicted molar refractivity (Wildman–Crippen MR) is 152 cm³/mol. The zero-order valence-electron chi connectivity index (χ0n) is 24.1. The molecule has 1 fully saturated rings. The monoisotopic (exact) mass is 562 g/mol. The van der Waals surface area contributed by atoms with Crippen LogP contribution in [0.3, 0.4) is 0 Å². The van der Waals surface area contributed by atoms with Crippen molar-refractivity contribution in [3.63, 3.8) is 0 Å². The minimum atomic E-state index is -0.429. The lowest BCUT2D eigenvalue weighted by atomic mass is 9.94. The van der Waals surface area contributed by atoms with Crippen molar-refractivity contribution in [2.24, 2.45) is 5.92 Å². The van der Waals surface area contributed by atoms with Crippen LogP contribution in [-0.2, 0) is 32.0 Å². The van der Waals surface area contributed by atoms with Gasteiger partial charge in [0.2, 0.25) is 0 Å². The van der Waals surface area contributed by atoms with Gasteiger partial charge in [-0.15, -0.1) is 0 Å². The van der Waals surface area contributed by atoms with E-state index < -0.39 is 5.97 Å². The average Bonchev–Trinajstić information content (AvgIpc) is 3.29. The van der Waals surface area contributed by atoms with Gasteiger partial charge in [-0.3, -0.25) is 9.69 Å². The molecule has 3 rings (SSSR count). The molecule has 2 heterocycles. The summed E-state index contributed by atoms with van der Waals surface area (Å²) in [6.07, 6.45) is 3.33. The van der Waals surface area contributed by atoms with Crippen LogP contribution in [-0.4, -0.2) is 87.1 Å². The van der Waals surface area contributed by atoms with E-state index in [4.69, 9.17) is 35.9 Å². The van der Waals surface area contributed by atoms with E-state index in [-0.39, 0.29) is 17.8 Å². The van der Waals surface area contributed by atoms with Crippen LogP contribution in [0.1, 0.15) is 60.7 Å². The molecule has 0 spiro atoms. The standard InChI is InChI=1S/C29H42N2O7S/c1-19(2)17-30(5)29(39)38-27-22(26(34-6)21(4)23-18-37-28(33)25(23)27)9-7-20(3)8-10-24(32)36-16-13-31-11-14-35-15-12-31/h7,19H,8-18H2,1-6H3/b20-7+. The zero-order chi connectivity index (χ0) is 28.5. The fourth-order valence-electron chi connectivity index (χ4n) is 4.77. The summed E-state index contributed by atoms with van der Waals surface area (Å²) in [5.74, 6) is 0.759. The fraction of sp³-hybridized carbons (Fsp3) is 0.621. The van der Waals surface area contributed by atoms with Crippen LogP contribution in [0.2, 0.25) is 0 Å². The van der Waals surface area contributed by atoms with Crippen molar-refractivity contribution in [3.05, 3.63) is 33.9 Å². The van der Waals surface area contributed by atoms with Gasteiger partial charge in [-0.25, -0.2) is 4.79 Å². The smallest absolute Gasteiger partial charge is 0.342 e. The van der Waals surface area contributed by atoms with Crippen LogP contribution in [0.25, 0.3) is 0 Å². The Balaban J connectivity index is 1.71. The SMILES string of the molecule is COc1c(C)c2c(c(OC(=S)N(C)CC(C)C)c1C/C=C(\C)CCC(=O)OCCN1CCOCC1)C(=O)OC2. The molecule has 1 aromatic rings. The molecule has 0 atom stereocenters. The quantitative estimate of drug-likeness (QED) is 0.211. The Morgan fingerprint density at radius 3 is 2.59 bits per heavy atom. The van der Waals surface area contributed by atoms with Gasteiger partial charge in [-0.1, -0.05) is 25.5 Å². The maximum atomic E-state index is 12.7. The molecule has 2 aliphatic rings. The average molecular weight is 563 g/mol. The number of benzene rings is 1. The Hall–Kier alpha value is -2.69. The van der Waals surface area contributed by atoms with Gasteiger partial charge < -0.3 is 28.6 Å². The number of thiocarbonyl (C=S) groups is 1. The number of nitrogens with zero attached hydrogens (tertiary/aromatic N) is 2. The van der Waals surface area contributed by atoms with Gasteiger partial charge in [0, 0.05) is 50.8 Å². The number of hydrogen-bond donors (Lipinski definition) is 0. The van der Waals surface area contributed by atoms with E-state index in [0.717, 1.165) is 55.1 Å². The Kier molecular flexibility index (Phi) is 11.6. The number of methoxy groups -OCH3 is 1. The third kappa shape index (κ3) is 8.40. The zero-order valence-corrected chi connectivity index (χ0v) is 24.9. The van der Waals surface area contributed by atoms with Crippen molar-refractivity contribution in [1.82, 2.24) is 9.80 Å². The molecule has 9 nitrogen and oxygen atoms in total. The first-order valence-electron chi connectivity index (χ1n) is 13.6. The fourth-order valence-corrected chi connectivity index (χ4v) is 4.93. The summed E-state index contributed by atoms with van der Waals surface area (Å²) in [6.45, 7) is 13.3. The number of carbonyl (C=O) groups is 2. The van der Waals surface area contributed by atoms with E-state index in [1.54, 1.807) is 7.11 Å². The molecule has 0 N–H and O–H groups in total. The largest absolute Gasteiger partial charge is 0.496 e. The minimum absolute atomic E-state index is 0.171. The Morgan fingerprint density at radius 2 is 1.92 bits per heavy atom. The molecular formula is C29H42N2O7S. The van der Waals surface area contributed by atoms with Gasteiger partial charge in [0.25, 0.3) is 5.17 Å². The Morgan fingerprint density at radius 1 is 1.21 bits per heavy atom. The molecule has 2 aliphatic heterocycles. The highest BCUT2D eigenvalue weighted by atomic mass is 32.1. The molecule has 216 valence electrons. The topological polar surface area (TPSA) is 86.8 Å². The predicted octanol–water partition coefficient (Wildman–Crippen LogP) is 4.07. The summed E-state index contributed by atoms with van der Waals surface area (Å²) in [6, 6.07) is 0. The van der Waals surface area contributed by atoms with Crippen molar-refractivity contribution in [1.29, 1.82) is 0 Å². The van der Waals surface area contributed by atoms with Crippen LogP contribution in [0.15, 0.2) is 11.6 Å². The molecule has 1 saturated heterocycles. The number of rotatable bonds is 12. The molecule has 0 bridgehead atoms. The number of carbonyl (C=O) groups excluding carboxylic acids is 2. The highest BCUT2D eigenvalue weighted by molar-refractivity contribution is 7.80. The van der Waals surface area contributed by atoms with E-state index in [2.05, 4.69) is 18.7 Å². The molecule has 39 heavy (non-hydrogen) atoms. The summed E-state index contributed by atoms with van der Waals surface area (Å²) in [5.41, 5.74) is 3.75. The summed E-state index contributed by atoms with van der Waals surface area (Å²) >= 11 is 5.58. The van der Waals surface area contributed by atoms with E-state index in [0.29, 0.717) is 55.4 Å². The van der Waals surface area contributed by atoms with E-state index in [1.165, 1.54) is 0 Å². The minimum Gasteiger partial charge on any atom is -0.496 e. The van der Waals surface area contributed by atoms with Gasteiger partial charge in [-0.2, -0.15) is 0 Å². The first-order valence-corrected chi connectivity index (χ1v) is 14.0. The van der Waals surface area contributed by atoms with E-state index >= 15 is 0 Å². The van der Waals surface area contributed by atoms with Crippen molar-refractivity contribution >= 4 is 29.3 Å². The molecular weight excluding hydrogens is 520 g/mol. The van der Waals surface area contributed by atoms with Gasteiger partial charge in [0.05, 0.1) is 20.3 Å². The summed E-state index contributed by atoms with van der Waals surface area (Å²) in [4.78, 5) is 29.1. The number of morpholine rings is 1. The number of cyclic esters (lactones) is 1. The number of hydrogen-bond acceptors (Lipinski definition) is 9. The second-order valence-corrected chi connectivity index (χ2v) is 10.8. The molecule has 0 saturated carbocycles. The molecule has 10 heteroatoms. The molecule has 0 radical (unpaired) electrons. The summed E-state index contributed by atoms with van der Waals surface area (Å²) in [5, 5.41) is 0.276. The molecule has 0 aromatic heterocycles. The number of esters is 2. The second kappa shape index (κ2) is 14.6. The summed E-state index contributed by atoms with van der Waals surface area (Å²) < 4.78 is 28.1. The van der Waals surface area contributed by atoms with Crippen LogP contribution in [0.5, 0.6) is 11.5 Å². The van der Waals surface area contributed by atoms with Crippen LogP contribution >= 0.6 is 12.2 Å². The van der Waals surface area contributed by atoms with Crippen molar-refractivity contribution < 1.29 is 33.3 Å². The number of allylic oxidation sites excluding steroid dienone is 2. The molecule has 1 aromatic carbocycles. The van der Waals surface area contributed by atoms with Crippen LogP contribution < -0.4 is 9.47 Å². The van der Waals surface area contributed by atoms with Crippen molar-refractivity contribution in [2.45, 2.75) is 53.6 Å². The summed E-state index contributed by atoms with van der Waals surface area (Å²) in [7, 11) is 3.47. The van der Waals surface area contributed by atoms with Crippen LogP contribution in [0, 0.1) is 12.8 Å². The lowest BCUT2D eigenvalue weighted by Gasteiger charge is -2.26. The molecule has 0 unspecified atom stereocenters. The van der Waals surface area contributed by atoms with Crippen molar-refractivity contribution in [2.75, 3.05) is 60.2 Å². The van der Waals surface area contributed by atoms with E-state index in [1.807, 2.05) is 31.9 Å². The van der Waals surface area contributed by atoms with Gasteiger partial charge in [0.15, 0.2) is 5.75 Å². The molecule has 0 amide bonds. The highest BCUT2D eigenvalue weighted by Gasteiger charge is 2.34. The third-order valence-corrected chi connectivity index (χ3v) is 7.31. The maximum absolute atomic E-state index is 12.7. The lowest BCUT2D eigenvalue weighted by molar-refractivity contribution is -0.144. The lowest BCUT2D eigenvalue weighted by Crippen LogP contribution is -2.38. The molecule has 0 aliphatic carbocycles. The number of fused-ring (bicyclic) bond motifs is 1. The van der Waals surface area contributed by atoms with Gasteiger partial charge >= 0.3 is 11.9 Å². The first kappa shape index (κ1) is 30.8. The second-order valence-electron chi connectivity index (χ2n) is 10.5. The van der Waals surface area contributed by atoms with Gasteiger partial charge in [0.1, 0.15) is 24.5 Å². The van der Waals surface area contributed by atoms with E-state index in [9.17, 15) is 9.59 Å². The van der Waals surface area contributed by atoms with Crippen LogP contribution in [0.4, 0.5) is 0 Å². The third-order valence-electron chi connectivity index (χ3n) is 6.92. The Bertz CT molecular complexity index is 1080. The number of ether oxygens (including phenoxy) is 5. The van der Waals surface area contributed by atoms with Gasteiger partial charge in [-0.05, 0) is 50.4 Å². The maximum Gasteiger partial charge on any atom is 0.342 e.